The van der Waals surface area contributed by atoms with Crippen LogP contribution in [-0.2, 0) is 19.3 Å². The Morgan fingerprint density at radius 3 is 3.00 bits per heavy atom. The number of aryl methyl sites for hydroxylation is 2. The van der Waals surface area contributed by atoms with Crippen molar-refractivity contribution in [2.24, 2.45) is 0 Å². The van der Waals surface area contributed by atoms with Gasteiger partial charge >= 0.3 is 0 Å². The number of nitrogens with one attached hydrogen (secondary N) is 1. The molecule has 1 N–H and O–H groups in total. The molecule has 1 aromatic heterocycles. The number of rotatable bonds is 3. The summed E-state index contributed by atoms with van der Waals surface area (Å²) in [7, 11) is 2.06. The fraction of sp³-hybridized carbons (Fsp3) is 0.727. The normalized spacial score (nSPS) is 19.5. The average Bonchev–Trinajstić information content (AvgIpc) is 2.59. The van der Waals surface area contributed by atoms with E-state index in [9.17, 15) is 0 Å². The van der Waals surface area contributed by atoms with Crippen LogP contribution in [0.2, 0.25) is 0 Å². The summed E-state index contributed by atoms with van der Waals surface area (Å²) in [5.74, 6) is 0. The Morgan fingerprint density at radius 2 is 2.33 bits per heavy atom. The van der Waals surface area contributed by atoms with Crippen LogP contribution in [0.15, 0.2) is 0 Å². The second kappa shape index (κ2) is 5.83. The van der Waals surface area contributed by atoms with Crippen molar-refractivity contribution in [1.29, 1.82) is 0 Å². The SMILES string of the molecule is CCCc1nc2c(s1)CC(NC)CC2.Cl. The van der Waals surface area contributed by atoms with Gasteiger partial charge in [-0.05, 0) is 39.2 Å². The smallest absolute Gasteiger partial charge is 0.0931 e. The number of fused-ring (bicyclic) bond motifs is 1. The molecule has 4 heteroatoms. The van der Waals surface area contributed by atoms with E-state index in [1.807, 2.05) is 11.3 Å². The molecule has 1 aromatic rings. The first-order valence-corrected chi connectivity index (χ1v) is 6.29. The van der Waals surface area contributed by atoms with Crippen molar-refractivity contribution in [2.75, 3.05) is 7.05 Å². The molecular formula is C11H19ClN2S. The molecule has 1 atom stereocenters. The van der Waals surface area contributed by atoms with E-state index in [-0.39, 0.29) is 12.4 Å². The van der Waals surface area contributed by atoms with Gasteiger partial charge in [0.15, 0.2) is 0 Å². The van der Waals surface area contributed by atoms with Crippen LogP contribution in [0.3, 0.4) is 0 Å². The third-order valence-electron chi connectivity index (χ3n) is 2.86. The van der Waals surface area contributed by atoms with E-state index in [2.05, 4.69) is 19.3 Å². The lowest BCUT2D eigenvalue weighted by atomic mass is 9.98. The van der Waals surface area contributed by atoms with Gasteiger partial charge in [-0.1, -0.05) is 6.92 Å². The van der Waals surface area contributed by atoms with E-state index in [0.717, 1.165) is 6.42 Å². The van der Waals surface area contributed by atoms with E-state index in [0.29, 0.717) is 6.04 Å². The maximum absolute atomic E-state index is 4.70. The fourth-order valence-electron chi connectivity index (χ4n) is 2.00. The van der Waals surface area contributed by atoms with Gasteiger partial charge in [-0.25, -0.2) is 4.98 Å². The summed E-state index contributed by atoms with van der Waals surface area (Å²) in [6.07, 6.45) is 5.97. The molecular weight excluding hydrogens is 228 g/mol. The molecule has 1 aliphatic carbocycles. The first-order chi connectivity index (χ1) is 6.83. The number of halogens is 1. The molecule has 1 unspecified atom stereocenters. The van der Waals surface area contributed by atoms with Crippen molar-refractivity contribution in [3.63, 3.8) is 0 Å². The van der Waals surface area contributed by atoms with Crippen molar-refractivity contribution >= 4 is 23.7 Å². The molecule has 2 nitrogen and oxygen atoms in total. The Labute approximate surface area is 102 Å². The number of aromatic nitrogens is 1. The Hall–Kier alpha value is -0.120. The molecule has 1 heterocycles. The van der Waals surface area contributed by atoms with Crippen LogP contribution in [0.1, 0.15) is 35.3 Å². The lowest BCUT2D eigenvalue weighted by Gasteiger charge is -2.19. The highest BCUT2D eigenvalue weighted by atomic mass is 35.5. The highest BCUT2D eigenvalue weighted by molar-refractivity contribution is 7.11. The van der Waals surface area contributed by atoms with Crippen LogP contribution in [0.4, 0.5) is 0 Å². The zero-order valence-electron chi connectivity index (χ0n) is 9.38. The Bertz CT molecular complexity index is 312. The molecule has 86 valence electrons. The summed E-state index contributed by atoms with van der Waals surface area (Å²) in [6.45, 7) is 2.22. The third-order valence-corrected chi connectivity index (χ3v) is 4.04. The molecule has 0 saturated heterocycles. The molecule has 0 fully saturated rings. The van der Waals surface area contributed by atoms with Crippen molar-refractivity contribution in [3.05, 3.63) is 15.6 Å². The van der Waals surface area contributed by atoms with E-state index < -0.39 is 0 Å². The zero-order chi connectivity index (χ0) is 9.97. The molecule has 0 aliphatic heterocycles. The number of hydrogen-bond acceptors (Lipinski definition) is 3. The van der Waals surface area contributed by atoms with E-state index >= 15 is 0 Å². The summed E-state index contributed by atoms with van der Waals surface area (Å²) in [4.78, 5) is 6.23. The molecule has 0 radical (unpaired) electrons. The van der Waals surface area contributed by atoms with Crippen molar-refractivity contribution in [3.8, 4) is 0 Å². The van der Waals surface area contributed by atoms with Crippen LogP contribution >= 0.6 is 23.7 Å². The van der Waals surface area contributed by atoms with Gasteiger partial charge in [-0.15, -0.1) is 23.7 Å². The fourth-order valence-corrected chi connectivity index (χ4v) is 3.29. The van der Waals surface area contributed by atoms with Gasteiger partial charge in [0, 0.05) is 10.9 Å². The minimum Gasteiger partial charge on any atom is -0.317 e. The summed E-state index contributed by atoms with van der Waals surface area (Å²) in [5, 5.41) is 4.71. The van der Waals surface area contributed by atoms with Gasteiger partial charge in [0.2, 0.25) is 0 Å². The van der Waals surface area contributed by atoms with E-state index in [4.69, 9.17) is 4.98 Å². The lowest BCUT2D eigenvalue weighted by Crippen LogP contribution is -2.30. The summed E-state index contributed by atoms with van der Waals surface area (Å²) in [6, 6.07) is 0.678. The summed E-state index contributed by atoms with van der Waals surface area (Å²) < 4.78 is 0. The highest BCUT2D eigenvalue weighted by Crippen LogP contribution is 2.27. The van der Waals surface area contributed by atoms with Gasteiger partial charge in [-0.3, -0.25) is 0 Å². The maximum atomic E-state index is 4.70. The van der Waals surface area contributed by atoms with Gasteiger partial charge in [0.1, 0.15) is 0 Å². The predicted octanol–water partition coefficient (Wildman–Crippen LogP) is 2.59. The Kier molecular flexibility index (Phi) is 5.03. The van der Waals surface area contributed by atoms with Gasteiger partial charge in [-0.2, -0.15) is 0 Å². The van der Waals surface area contributed by atoms with Crippen LogP contribution < -0.4 is 5.32 Å². The van der Waals surface area contributed by atoms with Crippen molar-refractivity contribution in [2.45, 2.75) is 45.1 Å². The minimum atomic E-state index is 0. The quantitative estimate of drug-likeness (QED) is 0.887. The number of likely N-dealkylation sites (N-methyl/N-ethyl adjacent to an activating group) is 1. The maximum Gasteiger partial charge on any atom is 0.0931 e. The Balaban J connectivity index is 0.00000112. The molecule has 0 amide bonds. The molecule has 2 rings (SSSR count). The van der Waals surface area contributed by atoms with Crippen LogP contribution in [0.25, 0.3) is 0 Å². The lowest BCUT2D eigenvalue weighted by molar-refractivity contribution is 0.496. The number of thiazole rings is 1. The monoisotopic (exact) mass is 246 g/mol. The average molecular weight is 247 g/mol. The minimum absolute atomic E-state index is 0. The number of nitrogens with zero attached hydrogens (tertiary/aromatic N) is 1. The largest absolute Gasteiger partial charge is 0.317 e. The molecule has 15 heavy (non-hydrogen) atoms. The molecule has 0 saturated carbocycles. The molecule has 0 spiro atoms. The topological polar surface area (TPSA) is 24.9 Å². The highest BCUT2D eigenvalue weighted by Gasteiger charge is 2.20. The second-order valence-electron chi connectivity index (χ2n) is 3.96. The molecule has 0 bridgehead atoms. The second-order valence-corrected chi connectivity index (χ2v) is 5.12. The van der Waals surface area contributed by atoms with Crippen molar-refractivity contribution in [1.82, 2.24) is 10.3 Å². The van der Waals surface area contributed by atoms with Gasteiger partial charge in [0.25, 0.3) is 0 Å². The van der Waals surface area contributed by atoms with Crippen molar-refractivity contribution < 1.29 is 0 Å². The number of hydrogen-bond donors (Lipinski definition) is 1. The van der Waals surface area contributed by atoms with Crippen LogP contribution in [-0.4, -0.2) is 18.1 Å². The standard InChI is InChI=1S/C11H18N2S.ClH/c1-3-4-11-13-9-6-5-8(12-2)7-10(9)14-11;/h8,12H,3-7H2,1-2H3;1H. The summed E-state index contributed by atoms with van der Waals surface area (Å²) >= 11 is 1.93. The van der Waals surface area contributed by atoms with E-state index in [1.54, 1.807) is 0 Å². The zero-order valence-corrected chi connectivity index (χ0v) is 11.0. The van der Waals surface area contributed by atoms with Gasteiger partial charge < -0.3 is 5.32 Å². The predicted molar refractivity (Wildman–Crippen MR) is 68.2 cm³/mol. The van der Waals surface area contributed by atoms with Gasteiger partial charge in [0.05, 0.1) is 10.7 Å². The molecule has 1 aliphatic rings. The Morgan fingerprint density at radius 1 is 1.53 bits per heavy atom. The first kappa shape index (κ1) is 12.9. The van der Waals surface area contributed by atoms with Crippen LogP contribution in [0.5, 0.6) is 0 Å². The third kappa shape index (κ3) is 2.92. The van der Waals surface area contributed by atoms with E-state index in [1.165, 1.54) is 41.3 Å². The molecule has 0 aromatic carbocycles. The summed E-state index contributed by atoms with van der Waals surface area (Å²) in [5.41, 5.74) is 1.38. The van der Waals surface area contributed by atoms with Crippen LogP contribution in [0, 0.1) is 0 Å². The first-order valence-electron chi connectivity index (χ1n) is 5.48.